The van der Waals surface area contributed by atoms with Gasteiger partial charge in [0.25, 0.3) is 5.91 Å². The van der Waals surface area contributed by atoms with E-state index in [4.69, 9.17) is 4.74 Å². The van der Waals surface area contributed by atoms with Crippen molar-refractivity contribution in [1.82, 2.24) is 9.21 Å². The summed E-state index contributed by atoms with van der Waals surface area (Å²) in [5, 5.41) is 0. The van der Waals surface area contributed by atoms with E-state index in [0.29, 0.717) is 23.7 Å². The summed E-state index contributed by atoms with van der Waals surface area (Å²) in [6, 6.07) is 8.55. The molecular weight excluding hydrogens is 406 g/mol. The molecule has 0 bridgehead atoms. The maximum absolute atomic E-state index is 13.9. The summed E-state index contributed by atoms with van der Waals surface area (Å²) < 4.78 is 58.5. The van der Waals surface area contributed by atoms with Crippen LogP contribution < -0.4 is 4.74 Å². The number of carbonyl (C=O) groups is 2. The van der Waals surface area contributed by atoms with Crippen LogP contribution in [0.25, 0.3) is 0 Å². The molecule has 0 aromatic heterocycles. The van der Waals surface area contributed by atoms with Crippen molar-refractivity contribution in [2.24, 2.45) is 0 Å². The molecule has 0 unspecified atom stereocenters. The second-order valence-electron chi connectivity index (χ2n) is 6.34. The fourth-order valence-corrected chi connectivity index (χ4v) is 4.35. The Morgan fingerprint density at radius 1 is 1.03 bits per heavy atom. The summed E-state index contributed by atoms with van der Waals surface area (Å²) in [7, 11) is -4.13. The van der Waals surface area contributed by atoms with Crippen molar-refractivity contribution in [2.75, 3.05) is 32.8 Å². The smallest absolute Gasteiger partial charge is 0.260 e. The molecule has 0 spiro atoms. The van der Waals surface area contributed by atoms with Gasteiger partial charge in [-0.1, -0.05) is 0 Å². The summed E-state index contributed by atoms with van der Waals surface area (Å²) in [6.07, 6.45) is 0.695. The number of hydrogen-bond donors (Lipinski definition) is 0. The van der Waals surface area contributed by atoms with Gasteiger partial charge >= 0.3 is 0 Å². The number of piperazine rings is 1. The lowest BCUT2D eigenvalue weighted by Gasteiger charge is -2.34. The minimum atomic E-state index is -4.13. The van der Waals surface area contributed by atoms with Crippen molar-refractivity contribution in [2.45, 2.75) is 4.90 Å². The topological polar surface area (TPSA) is 84.0 Å². The Morgan fingerprint density at radius 3 is 2.28 bits per heavy atom. The third kappa shape index (κ3) is 4.77. The van der Waals surface area contributed by atoms with Crippen molar-refractivity contribution in [1.29, 1.82) is 0 Å². The van der Waals surface area contributed by atoms with Crippen LogP contribution in [-0.2, 0) is 14.8 Å². The molecule has 1 heterocycles. The van der Waals surface area contributed by atoms with E-state index in [1.807, 2.05) is 0 Å². The average molecular weight is 424 g/mol. The molecule has 3 rings (SSSR count). The van der Waals surface area contributed by atoms with Crippen LogP contribution >= 0.6 is 0 Å². The zero-order valence-corrected chi connectivity index (χ0v) is 16.1. The van der Waals surface area contributed by atoms with Crippen LogP contribution in [0.15, 0.2) is 47.4 Å². The van der Waals surface area contributed by atoms with E-state index in [1.165, 1.54) is 4.90 Å². The highest BCUT2D eigenvalue weighted by atomic mass is 32.2. The van der Waals surface area contributed by atoms with Gasteiger partial charge in [-0.05, 0) is 36.4 Å². The van der Waals surface area contributed by atoms with Crippen molar-refractivity contribution >= 4 is 22.2 Å². The van der Waals surface area contributed by atoms with Crippen LogP contribution in [0.2, 0.25) is 0 Å². The van der Waals surface area contributed by atoms with Crippen LogP contribution in [0.3, 0.4) is 0 Å². The first-order chi connectivity index (χ1) is 13.8. The first-order valence-electron chi connectivity index (χ1n) is 8.72. The SMILES string of the molecule is O=Cc1ccc(OCC(=O)N2CCN(S(=O)(=O)c3ccc(F)cc3F)CC2)cc1. The van der Waals surface area contributed by atoms with Gasteiger partial charge in [-0.2, -0.15) is 4.31 Å². The molecule has 0 saturated carbocycles. The predicted octanol–water partition coefficient (Wildman–Crippen LogP) is 1.69. The number of amides is 1. The lowest BCUT2D eigenvalue weighted by molar-refractivity contribution is -0.134. The monoisotopic (exact) mass is 424 g/mol. The standard InChI is InChI=1S/C19H18F2N2O5S/c20-15-3-6-18(17(21)11-15)29(26,27)23-9-7-22(8-10-23)19(25)13-28-16-4-1-14(12-24)2-5-16/h1-6,11-12H,7-10,13H2. The van der Waals surface area contributed by atoms with Gasteiger partial charge in [-0.3, -0.25) is 9.59 Å². The van der Waals surface area contributed by atoms with E-state index in [0.717, 1.165) is 16.4 Å². The second kappa shape index (κ2) is 8.66. The molecule has 0 atom stereocenters. The molecule has 0 radical (unpaired) electrons. The van der Waals surface area contributed by atoms with Crippen molar-refractivity contribution in [3.05, 3.63) is 59.7 Å². The van der Waals surface area contributed by atoms with Gasteiger partial charge in [0.05, 0.1) is 0 Å². The van der Waals surface area contributed by atoms with E-state index < -0.39 is 26.6 Å². The second-order valence-corrected chi connectivity index (χ2v) is 8.24. The Labute approximate surface area is 166 Å². The summed E-state index contributed by atoms with van der Waals surface area (Å²) in [5.41, 5.74) is 0.485. The maximum atomic E-state index is 13.9. The van der Waals surface area contributed by atoms with Crippen molar-refractivity contribution in [3.8, 4) is 5.75 Å². The minimum Gasteiger partial charge on any atom is -0.484 e. The van der Waals surface area contributed by atoms with E-state index in [1.54, 1.807) is 24.3 Å². The molecule has 1 amide bonds. The van der Waals surface area contributed by atoms with E-state index in [9.17, 15) is 26.8 Å². The molecule has 1 aliphatic heterocycles. The first kappa shape index (κ1) is 20.9. The Hall–Kier alpha value is -2.85. The highest BCUT2D eigenvalue weighted by Gasteiger charge is 2.32. The van der Waals surface area contributed by atoms with Gasteiger partial charge in [0.2, 0.25) is 10.0 Å². The Morgan fingerprint density at radius 2 is 1.69 bits per heavy atom. The van der Waals surface area contributed by atoms with Gasteiger partial charge in [0, 0.05) is 37.8 Å². The average Bonchev–Trinajstić information content (AvgIpc) is 2.72. The number of halogens is 2. The Balaban J connectivity index is 1.56. The molecule has 1 saturated heterocycles. The number of benzene rings is 2. The van der Waals surface area contributed by atoms with Gasteiger partial charge in [-0.25, -0.2) is 17.2 Å². The number of nitrogens with zero attached hydrogens (tertiary/aromatic N) is 2. The zero-order chi connectivity index (χ0) is 21.0. The van der Waals surface area contributed by atoms with Gasteiger partial charge < -0.3 is 9.64 Å². The van der Waals surface area contributed by atoms with Gasteiger partial charge in [0.1, 0.15) is 28.6 Å². The molecule has 29 heavy (non-hydrogen) atoms. The van der Waals surface area contributed by atoms with E-state index in [2.05, 4.69) is 0 Å². The molecule has 7 nitrogen and oxygen atoms in total. The maximum Gasteiger partial charge on any atom is 0.260 e. The summed E-state index contributed by atoms with van der Waals surface area (Å²) in [6.45, 7) is -0.0275. The highest BCUT2D eigenvalue weighted by molar-refractivity contribution is 7.89. The van der Waals surface area contributed by atoms with Crippen LogP contribution in [0.1, 0.15) is 10.4 Å². The number of aldehydes is 1. The molecule has 10 heteroatoms. The molecule has 0 N–H and O–H groups in total. The van der Waals surface area contributed by atoms with Crippen LogP contribution in [0.5, 0.6) is 5.75 Å². The number of hydrogen-bond acceptors (Lipinski definition) is 5. The van der Waals surface area contributed by atoms with E-state index in [-0.39, 0.29) is 38.7 Å². The van der Waals surface area contributed by atoms with Crippen molar-refractivity contribution < 1.29 is 31.5 Å². The van der Waals surface area contributed by atoms with Crippen LogP contribution in [0, 0.1) is 11.6 Å². The molecule has 2 aromatic carbocycles. The summed E-state index contributed by atoms with van der Waals surface area (Å²) in [5.74, 6) is -1.92. The number of carbonyl (C=O) groups excluding carboxylic acids is 2. The molecule has 154 valence electrons. The minimum absolute atomic E-state index is 0.0150. The highest BCUT2D eigenvalue weighted by Crippen LogP contribution is 2.21. The third-order valence-corrected chi connectivity index (χ3v) is 6.41. The van der Waals surface area contributed by atoms with Crippen LogP contribution in [0.4, 0.5) is 8.78 Å². The number of ether oxygens (including phenoxy) is 1. The quantitative estimate of drug-likeness (QED) is 0.659. The summed E-state index contributed by atoms with van der Waals surface area (Å²) in [4.78, 5) is 23.8. The lowest BCUT2D eigenvalue weighted by atomic mass is 10.2. The zero-order valence-electron chi connectivity index (χ0n) is 15.3. The number of rotatable bonds is 6. The molecule has 2 aromatic rings. The summed E-state index contributed by atoms with van der Waals surface area (Å²) >= 11 is 0. The third-order valence-electron chi connectivity index (χ3n) is 4.48. The lowest BCUT2D eigenvalue weighted by Crippen LogP contribution is -2.51. The molecule has 0 aliphatic carbocycles. The first-order valence-corrected chi connectivity index (χ1v) is 10.2. The fourth-order valence-electron chi connectivity index (χ4n) is 2.88. The van der Waals surface area contributed by atoms with E-state index >= 15 is 0 Å². The normalized spacial score (nSPS) is 15.2. The molecule has 1 fully saturated rings. The molecule has 1 aliphatic rings. The number of sulfonamides is 1. The Bertz CT molecular complexity index is 1000. The van der Waals surface area contributed by atoms with Crippen molar-refractivity contribution in [3.63, 3.8) is 0 Å². The Kier molecular flexibility index (Phi) is 6.23. The van der Waals surface area contributed by atoms with Crippen LogP contribution in [-0.4, -0.2) is 62.6 Å². The van der Waals surface area contributed by atoms with Gasteiger partial charge in [-0.15, -0.1) is 0 Å². The molecular formula is C19H18F2N2O5S. The van der Waals surface area contributed by atoms with Gasteiger partial charge in [0.15, 0.2) is 6.61 Å². The largest absolute Gasteiger partial charge is 0.484 e. The fraction of sp³-hybridized carbons (Fsp3) is 0.263. The predicted molar refractivity (Wildman–Crippen MR) is 99.0 cm³/mol.